The van der Waals surface area contributed by atoms with Crippen molar-refractivity contribution in [2.45, 2.75) is 39.0 Å². The van der Waals surface area contributed by atoms with E-state index in [-0.39, 0.29) is 53.5 Å². The van der Waals surface area contributed by atoms with Gasteiger partial charge < -0.3 is 9.47 Å². The molecule has 2 aliphatic carbocycles. The van der Waals surface area contributed by atoms with Crippen LogP contribution in [0.15, 0.2) is 0 Å². The Hall–Kier alpha value is -1.72. The summed E-state index contributed by atoms with van der Waals surface area (Å²) in [5.41, 5.74) is 0. The fourth-order valence-electron chi connectivity index (χ4n) is 5.38. The van der Waals surface area contributed by atoms with Crippen molar-refractivity contribution in [2.75, 3.05) is 0 Å². The predicted octanol–water partition coefficient (Wildman–Crippen LogP) is 1.46. The summed E-state index contributed by atoms with van der Waals surface area (Å²) >= 11 is 0. The highest BCUT2D eigenvalue weighted by atomic mass is 16.6. The minimum absolute atomic E-state index is 0.0716. The topological polar surface area (TPSA) is 86.7 Å². The van der Waals surface area contributed by atoms with E-state index in [0.29, 0.717) is 31.1 Å². The molecule has 2 heterocycles. The molecule has 7 atom stereocenters. The summed E-state index contributed by atoms with van der Waals surface area (Å²) in [5, 5.41) is 0. The van der Waals surface area contributed by atoms with Gasteiger partial charge >= 0.3 is 23.9 Å². The SMILES string of the molecule is CC1C(C2CCC3C(=O)OC(=O)C3C2)CCC2C(=O)OC(=O)C21. The van der Waals surface area contributed by atoms with Gasteiger partial charge in [0.1, 0.15) is 0 Å². The highest BCUT2D eigenvalue weighted by molar-refractivity contribution is 5.97. The molecule has 4 fully saturated rings. The van der Waals surface area contributed by atoms with E-state index in [2.05, 4.69) is 0 Å². The van der Waals surface area contributed by atoms with Crippen molar-refractivity contribution in [2.24, 2.45) is 41.4 Å². The molecule has 2 saturated carbocycles. The normalized spacial score (nSPS) is 46.2. The van der Waals surface area contributed by atoms with E-state index < -0.39 is 0 Å². The summed E-state index contributed by atoms with van der Waals surface area (Å²) in [4.78, 5) is 47.2. The highest BCUT2D eigenvalue weighted by Gasteiger charge is 2.55. The second kappa shape index (κ2) is 5.14. The molecule has 0 aromatic carbocycles. The number of hydrogen-bond donors (Lipinski definition) is 0. The summed E-state index contributed by atoms with van der Waals surface area (Å²) in [6, 6.07) is 0. The molecule has 0 N–H and O–H groups in total. The molecular weight excluding hydrogens is 300 g/mol. The van der Waals surface area contributed by atoms with Crippen LogP contribution in [0.3, 0.4) is 0 Å². The summed E-state index contributed by atoms with van der Waals surface area (Å²) in [5.74, 6) is -2.08. The van der Waals surface area contributed by atoms with E-state index >= 15 is 0 Å². The van der Waals surface area contributed by atoms with Crippen LogP contribution in [0.5, 0.6) is 0 Å². The van der Waals surface area contributed by atoms with Gasteiger partial charge in [-0.15, -0.1) is 0 Å². The first-order chi connectivity index (χ1) is 11.0. The monoisotopic (exact) mass is 320 g/mol. The molecule has 0 bridgehead atoms. The van der Waals surface area contributed by atoms with Crippen LogP contribution in [0.2, 0.25) is 0 Å². The first kappa shape index (κ1) is 14.8. The van der Waals surface area contributed by atoms with Gasteiger partial charge in [0, 0.05) is 0 Å². The number of fused-ring (bicyclic) bond motifs is 2. The largest absolute Gasteiger partial charge is 0.393 e. The van der Waals surface area contributed by atoms with Gasteiger partial charge in [-0.1, -0.05) is 6.92 Å². The molecule has 6 nitrogen and oxygen atoms in total. The maximum absolute atomic E-state index is 12.0. The predicted molar refractivity (Wildman–Crippen MR) is 75.4 cm³/mol. The summed E-state index contributed by atoms with van der Waals surface area (Å²) < 4.78 is 9.59. The Kier molecular flexibility index (Phi) is 3.32. The van der Waals surface area contributed by atoms with Crippen LogP contribution < -0.4 is 0 Å². The van der Waals surface area contributed by atoms with Crippen LogP contribution in [-0.4, -0.2) is 23.9 Å². The van der Waals surface area contributed by atoms with Gasteiger partial charge in [-0.05, 0) is 49.9 Å². The molecular formula is C17H20O6. The van der Waals surface area contributed by atoms with Gasteiger partial charge in [-0.3, -0.25) is 19.2 Å². The number of hydrogen-bond acceptors (Lipinski definition) is 6. The fourth-order valence-corrected chi connectivity index (χ4v) is 5.38. The van der Waals surface area contributed by atoms with Gasteiger partial charge in [0.15, 0.2) is 0 Å². The van der Waals surface area contributed by atoms with Crippen LogP contribution in [0.4, 0.5) is 0 Å². The zero-order chi connectivity index (χ0) is 16.3. The van der Waals surface area contributed by atoms with Crippen LogP contribution >= 0.6 is 0 Å². The zero-order valence-corrected chi connectivity index (χ0v) is 13.0. The minimum Gasteiger partial charge on any atom is -0.393 e. The second-order valence-electron chi connectivity index (χ2n) is 7.50. The minimum atomic E-state index is -0.388. The Bertz CT molecular complexity index is 596. The number of carbonyl (C=O) groups is 4. The van der Waals surface area contributed by atoms with Crippen LogP contribution in [0, 0.1) is 41.4 Å². The Morgan fingerprint density at radius 1 is 0.739 bits per heavy atom. The van der Waals surface area contributed by atoms with Gasteiger partial charge in [0.25, 0.3) is 0 Å². The molecule has 0 aromatic rings. The molecule has 4 aliphatic rings. The molecule has 2 saturated heterocycles. The molecule has 0 radical (unpaired) electrons. The summed E-state index contributed by atoms with van der Waals surface area (Å²) in [7, 11) is 0. The van der Waals surface area contributed by atoms with Crippen LogP contribution in [-0.2, 0) is 28.7 Å². The van der Waals surface area contributed by atoms with E-state index in [9.17, 15) is 19.2 Å². The Balaban J connectivity index is 1.51. The van der Waals surface area contributed by atoms with Gasteiger partial charge in [-0.25, -0.2) is 0 Å². The molecule has 6 heteroatoms. The van der Waals surface area contributed by atoms with Crippen molar-refractivity contribution in [1.29, 1.82) is 0 Å². The van der Waals surface area contributed by atoms with E-state index in [1.54, 1.807) is 0 Å². The molecule has 124 valence electrons. The summed E-state index contributed by atoms with van der Waals surface area (Å²) in [6.45, 7) is 2.02. The Labute approximate surface area is 133 Å². The third kappa shape index (κ3) is 2.14. The maximum atomic E-state index is 12.0. The average molecular weight is 320 g/mol. The lowest BCUT2D eigenvalue weighted by Gasteiger charge is -2.42. The molecule has 0 aromatic heterocycles. The smallest absolute Gasteiger partial charge is 0.317 e. The highest BCUT2D eigenvalue weighted by Crippen LogP contribution is 2.51. The average Bonchev–Trinajstić information content (AvgIpc) is 2.97. The first-order valence-electron chi connectivity index (χ1n) is 8.48. The van der Waals surface area contributed by atoms with Gasteiger partial charge in [-0.2, -0.15) is 0 Å². The van der Waals surface area contributed by atoms with Crippen molar-refractivity contribution >= 4 is 23.9 Å². The van der Waals surface area contributed by atoms with Gasteiger partial charge in [0.05, 0.1) is 23.7 Å². The van der Waals surface area contributed by atoms with E-state index in [0.717, 1.165) is 12.8 Å². The number of carbonyl (C=O) groups excluding carboxylic acids is 4. The number of esters is 4. The summed E-state index contributed by atoms with van der Waals surface area (Å²) in [6.07, 6.45) is 3.76. The lowest BCUT2D eigenvalue weighted by Crippen LogP contribution is -2.41. The number of rotatable bonds is 1. The second-order valence-corrected chi connectivity index (χ2v) is 7.50. The zero-order valence-electron chi connectivity index (χ0n) is 13.0. The number of ether oxygens (including phenoxy) is 2. The third-order valence-electron chi connectivity index (χ3n) is 6.57. The van der Waals surface area contributed by atoms with E-state index in [4.69, 9.17) is 9.47 Å². The molecule has 0 spiro atoms. The third-order valence-corrected chi connectivity index (χ3v) is 6.57. The Morgan fingerprint density at radius 3 is 2.13 bits per heavy atom. The van der Waals surface area contributed by atoms with Crippen molar-refractivity contribution in [3.63, 3.8) is 0 Å². The van der Waals surface area contributed by atoms with Crippen molar-refractivity contribution in [1.82, 2.24) is 0 Å². The van der Waals surface area contributed by atoms with Crippen molar-refractivity contribution in [3.05, 3.63) is 0 Å². The molecule has 4 rings (SSSR count). The van der Waals surface area contributed by atoms with Crippen molar-refractivity contribution < 1.29 is 28.7 Å². The fraction of sp³-hybridized carbons (Fsp3) is 0.765. The lowest BCUT2D eigenvalue weighted by atomic mass is 9.60. The van der Waals surface area contributed by atoms with Crippen molar-refractivity contribution in [3.8, 4) is 0 Å². The Morgan fingerprint density at radius 2 is 1.35 bits per heavy atom. The molecule has 0 amide bonds. The maximum Gasteiger partial charge on any atom is 0.317 e. The molecule has 23 heavy (non-hydrogen) atoms. The molecule has 2 aliphatic heterocycles. The van der Waals surface area contributed by atoms with E-state index in [1.165, 1.54) is 0 Å². The quantitative estimate of drug-likeness (QED) is 0.537. The molecule has 7 unspecified atom stereocenters. The van der Waals surface area contributed by atoms with Crippen LogP contribution in [0.25, 0.3) is 0 Å². The first-order valence-corrected chi connectivity index (χ1v) is 8.48. The number of cyclic esters (lactones) is 4. The van der Waals surface area contributed by atoms with Gasteiger partial charge in [0.2, 0.25) is 0 Å². The van der Waals surface area contributed by atoms with Crippen LogP contribution in [0.1, 0.15) is 39.0 Å². The standard InChI is InChI=1S/C17H20O6/c1-7-9(4-5-11-13(7)17(21)23-15(11)19)8-2-3-10-12(6-8)16(20)22-14(10)18/h7-13H,2-6H2,1H3. The lowest BCUT2D eigenvalue weighted by molar-refractivity contribution is -0.155. The van der Waals surface area contributed by atoms with E-state index in [1.807, 2.05) is 6.92 Å².